The molecule has 0 saturated heterocycles. The quantitative estimate of drug-likeness (QED) is 0.431. The van der Waals surface area contributed by atoms with Crippen molar-refractivity contribution in [2.24, 2.45) is 0 Å². The fourth-order valence-electron chi connectivity index (χ4n) is 3.30. The molecular formula is C24H22ClN3O2. The van der Waals surface area contributed by atoms with Crippen molar-refractivity contribution < 1.29 is 9.53 Å². The van der Waals surface area contributed by atoms with Crippen molar-refractivity contribution in [3.8, 4) is 17.5 Å². The molecule has 1 N–H and O–H groups in total. The van der Waals surface area contributed by atoms with Gasteiger partial charge in [0.1, 0.15) is 17.4 Å². The zero-order chi connectivity index (χ0) is 21.8. The molecular weight excluding hydrogens is 398 g/mol. The minimum absolute atomic E-state index is 0.0179. The largest absolute Gasteiger partial charge is 0.497 e. The van der Waals surface area contributed by atoms with Gasteiger partial charge in [-0.1, -0.05) is 17.7 Å². The van der Waals surface area contributed by atoms with Gasteiger partial charge in [-0.2, -0.15) is 5.26 Å². The number of anilines is 1. The number of carbonyl (C=O) groups is 1. The van der Waals surface area contributed by atoms with E-state index in [1.807, 2.05) is 57.2 Å². The maximum absolute atomic E-state index is 12.7. The Morgan fingerprint density at radius 2 is 1.87 bits per heavy atom. The number of methoxy groups -OCH3 is 1. The monoisotopic (exact) mass is 419 g/mol. The summed E-state index contributed by atoms with van der Waals surface area (Å²) in [5, 5.41) is 12.9. The van der Waals surface area contributed by atoms with Gasteiger partial charge in [0.2, 0.25) is 0 Å². The first-order valence-electron chi connectivity index (χ1n) is 9.37. The summed E-state index contributed by atoms with van der Waals surface area (Å²) in [4.78, 5) is 12.7. The van der Waals surface area contributed by atoms with Crippen LogP contribution in [-0.2, 0) is 4.79 Å². The first-order valence-corrected chi connectivity index (χ1v) is 9.75. The Hall–Kier alpha value is -3.49. The van der Waals surface area contributed by atoms with E-state index in [-0.39, 0.29) is 5.57 Å². The van der Waals surface area contributed by atoms with E-state index in [0.717, 1.165) is 34.0 Å². The Balaban J connectivity index is 1.93. The van der Waals surface area contributed by atoms with Crippen LogP contribution in [0.4, 0.5) is 5.69 Å². The zero-order valence-corrected chi connectivity index (χ0v) is 18.0. The molecule has 0 radical (unpaired) electrons. The van der Waals surface area contributed by atoms with Crippen LogP contribution in [0.1, 0.15) is 22.5 Å². The van der Waals surface area contributed by atoms with Crippen molar-refractivity contribution in [1.82, 2.24) is 4.57 Å². The van der Waals surface area contributed by atoms with Gasteiger partial charge in [-0.15, -0.1) is 0 Å². The lowest BCUT2D eigenvalue weighted by Crippen LogP contribution is -2.14. The Morgan fingerprint density at radius 1 is 1.17 bits per heavy atom. The number of aromatic nitrogens is 1. The van der Waals surface area contributed by atoms with E-state index >= 15 is 0 Å². The highest BCUT2D eigenvalue weighted by Gasteiger charge is 2.15. The summed E-state index contributed by atoms with van der Waals surface area (Å²) in [5.41, 5.74) is 5.05. The molecule has 0 fully saturated rings. The van der Waals surface area contributed by atoms with Gasteiger partial charge in [-0.25, -0.2) is 0 Å². The number of amides is 1. The van der Waals surface area contributed by atoms with Crippen LogP contribution in [0.15, 0.2) is 54.1 Å². The fraction of sp³-hybridized carbons (Fsp3) is 0.167. The lowest BCUT2D eigenvalue weighted by Gasteiger charge is -2.11. The molecule has 0 bridgehead atoms. The Bertz CT molecular complexity index is 1170. The number of carbonyl (C=O) groups excluding carboxylic acids is 1. The molecule has 0 saturated carbocycles. The number of nitriles is 1. The van der Waals surface area contributed by atoms with Gasteiger partial charge in [0.15, 0.2) is 0 Å². The molecule has 1 heterocycles. The van der Waals surface area contributed by atoms with Crippen LogP contribution in [0.2, 0.25) is 5.02 Å². The molecule has 1 aromatic heterocycles. The first-order chi connectivity index (χ1) is 14.3. The lowest BCUT2D eigenvalue weighted by molar-refractivity contribution is -0.112. The third-order valence-electron chi connectivity index (χ3n) is 4.98. The predicted octanol–water partition coefficient (Wildman–Crippen LogP) is 5.61. The van der Waals surface area contributed by atoms with Gasteiger partial charge < -0.3 is 14.6 Å². The second kappa shape index (κ2) is 8.89. The highest BCUT2D eigenvalue weighted by Crippen LogP contribution is 2.26. The number of halogens is 1. The molecule has 5 nitrogen and oxygen atoms in total. The van der Waals surface area contributed by atoms with E-state index in [1.54, 1.807) is 31.4 Å². The minimum Gasteiger partial charge on any atom is -0.497 e. The third-order valence-corrected chi connectivity index (χ3v) is 5.39. The normalized spacial score (nSPS) is 11.1. The highest BCUT2D eigenvalue weighted by molar-refractivity contribution is 6.31. The molecule has 3 rings (SSSR count). The maximum Gasteiger partial charge on any atom is 0.266 e. The van der Waals surface area contributed by atoms with Crippen LogP contribution >= 0.6 is 11.6 Å². The molecule has 1 amide bonds. The van der Waals surface area contributed by atoms with Crippen LogP contribution in [0.5, 0.6) is 5.75 Å². The molecule has 30 heavy (non-hydrogen) atoms. The summed E-state index contributed by atoms with van der Waals surface area (Å²) in [6, 6.07) is 16.9. The molecule has 0 spiro atoms. The number of nitrogens with one attached hydrogen (secondary N) is 1. The Labute approximate surface area is 181 Å². The van der Waals surface area contributed by atoms with Crippen LogP contribution in [0.3, 0.4) is 0 Å². The van der Waals surface area contributed by atoms with E-state index in [4.69, 9.17) is 16.3 Å². The number of aryl methyl sites for hydroxylation is 1. The molecule has 6 heteroatoms. The van der Waals surface area contributed by atoms with Crippen molar-refractivity contribution in [2.75, 3.05) is 12.4 Å². The predicted molar refractivity (Wildman–Crippen MR) is 120 cm³/mol. The smallest absolute Gasteiger partial charge is 0.266 e. The van der Waals surface area contributed by atoms with Crippen LogP contribution < -0.4 is 10.1 Å². The molecule has 0 aliphatic heterocycles. The summed E-state index contributed by atoms with van der Waals surface area (Å²) < 4.78 is 7.29. The van der Waals surface area contributed by atoms with Crippen LogP contribution in [0, 0.1) is 32.1 Å². The van der Waals surface area contributed by atoms with Gasteiger partial charge in [0, 0.05) is 27.8 Å². The second-order valence-electron chi connectivity index (χ2n) is 6.90. The molecule has 0 unspecified atom stereocenters. The average Bonchev–Trinajstić information content (AvgIpc) is 3.02. The van der Waals surface area contributed by atoms with E-state index in [9.17, 15) is 10.1 Å². The van der Waals surface area contributed by atoms with Crippen molar-refractivity contribution >= 4 is 29.3 Å². The number of nitrogens with zero attached hydrogens (tertiary/aromatic N) is 2. The molecule has 0 aliphatic rings. The number of rotatable bonds is 5. The summed E-state index contributed by atoms with van der Waals surface area (Å²) in [6.07, 6.45) is 1.61. The minimum atomic E-state index is -0.475. The lowest BCUT2D eigenvalue weighted by atomic mass is 10.1. The van der Waals surface area contributed by atoms with Crippen molar-refractivity contribution in [1.29, 1.82) is 5.26 Å². The number of hydrogen-bond acceptors (Lipinski definition) is 3. The molecule has 0 aliphatic carbocycles. The topological polar surface area (TPSA) is 67.0 Å². The third kappa shape index (κ3) is 4.24. The van der Waals surface area contributed by atoms with Crippen LogP contribution in [0.25, 0.3) is 11.8 Å². The number of benzene rings is 2. The Morgan fingerprint density at radius 3 is 2.50 bits per heavy atom. The summed E-state index contributed by atoms with van der Waals surface area (Å²) in [5.74, 6) is 0.304. The van der Waals surface area contributed by atoms with Crippen LogP contribution in [-0.4, -0.2) is 17.6 Å². The van der Waals surface area contributed by atoms with Crippen molar-refractivity contribution in [3.63, 3.8) is 0 Å². The summed E-state index contributed by atoms with van der Waals surface area (Å²) in [7, 11) is 1.63. The van der Waals surface area contributed by atoms with Crippen molar-refractivity contribution in [3.05, 3.63) is 81.6 Å². The van der Waals surface area contributed by atoms with E-state index < -0.39 is 5.91 Å². The SMILES string of the molecule is COc1ccc(-n2c(C)cc(/C=C(/C#N)C(=O)Nc3cccc(Cl)c3C)c2C)cc1. The van der Waals surface area contributed by atoms with Gasteiger partial charge in [-0.3, -0.25) is 4.79 Å². The fourth-order valence-corrected chi connectivity index (χ4v) is 3.47. The standard InChI is InChI=1S/C24H22ClN3O2/c1-15-12-18(17(3)28(15)20-8-10-21(30-4)11-9-20)13-19(14-26)24(29)27-23-7-5-6-22(25)16(23)2/h5-13H,1-4H3,(H,27,29)/b19-13-. The second-order valence-corrected chi connectivity index (χ2v) is 7.30. The van der Waals surface area contributed by atoms with Gasteiger partial charge in [-0.05, 0) is 80.4 Å². The summed E-state index contributed by atoms with van der Waals surface area (Å²) >= 11 is 6.12. The summed E-state index contributed by atoms with van der Waals surface area (Å²) in [6.45, 7) is 5.75. The molecule has 152 valence electrons. The van der Waals surface area contributed by atoms with Crippen molar-refractivity contribution in [2.45, 2.75) is 20.8 Å². The number of ether oxygens (including phenoxy) is 1. The molecule has 0 atom stereocenters. The van der Waals surface area contributed by atoms with Gasteiger partial charge in [0.05, 0.1) is 7.11 Å². The molecule has 3 aromatic rings. The van der Waals surface area contributed by atoms with E-state index in [2.05, 4.69) is 9.88 Å². The van der Waals surface area contributed by atoms with E-state index in [0.29, 0.717) is 10.7 Å². The van der Waals surface area contributed by atoms with E-state index in [1.165, 1.54) is 0 Å². The Kier molecular flexibility index (Phi) is 6.29. The van der Waals surface area contributed by atoms with Gasteiger partial charge in [0.25, 0.3) is 5.91 Å². The highest BCUT2D eigenvalue weighted by atomic mass is 35.5. The molecule has 2 aromatic carbocycles. The van der Waals surface area contributed by atoms with Gasteiger partial charge >= 0.3 is 0 Å². The zero-order valence-electron chi connectivity index (χ0n) is 17.3. The average molecular weight is 420 g/mol. The first kappa shape index (κ1) is 21.2. The maximum atomic E-state index is 12.7. The number of hydrogen-bond donors (Lipinski definition) is 1.